The Morgan fingerprint density at radius 3 is 1.49 bits per heavy atom. The van der Waals surface area contributed by atoms with Gasteiger partial charge in [0.05, 0.1) is 79.3 Å². The van der Waals surface area contributed by atoms with Crippen LogP contribution in [0.1, 0.15) is 39.0 Å². The Hall–Kier alpha value is -1.95. The van der Waals surface area contributed by atoms with E-state index in [1.807, 2.05) is 12.1 Å². The molecule has 1 rings (SSSR count). The molecule has 0 spiro atoms. The van der Waals surface area contributed by atoms with Gasteiger partial charge in [-0.1, -0.05) is 26.2 Å². The summed E-state index contributed by atoms with van der Waals surface area (Å²) in [5.74, 6) is 0.622. The summed E-state index contributed by atoms with van der Waals surface area (Å²) in [5, 5.41) is 0. The molecule has 0 bridgehead atoms. The van der Waals surface area contributed by atoms with Crippen molar-refractivity contribution in [3.63, 3.8) is 0 Å². The van der Waals surface area contributed by atoms with E-state index in [0.717, 1.165) is 31.4 Å². The van der Waals surface area contributed by atoms with E-state index in [9.17, 15) is 4.79 Å². The fourth-order valence-corrected chi connectivity index (χ4v) is 2.97. The van der Waals surface area contributed by atoms with Crippen molar-refractivity contribution in [2.24, 2.45) is 0 Å². The normalized spacial score (nSPS) is 11.1. The van der Waals surface area contributed by atoms with Gasteiger partial charge < -0.3 is 43.6 Å². The van der Waals surface area contributed by atoms with Gasteiger partial charge in [-0.3, -0.25) is 4.79 Å². The SMILES string of the molecule is CCCCCCC(=O)OCCOCCOCCOCCOCCOCCOCCOc1ccc(N)cc1. The molecule has 0 aliphatic rings. The number of nitrogen functional groups attached to an aromatic ring is 1. The number of esters is 1. The molecule has 0 atom stereocenters. The molecular formula is C27H47NO9. The van der Waals surface area contributed by atoms with E-state index in [-0.39, 0.29) is 12.6 Å². The van der Waals surface area contributed by atoms with E-state index in [0.29, 0.717) is 98.0 Å². The molecule has 10 nitrogen and oxygen atoms in total. The molecule has 0 fully saturated rings. The van der Waals surface area contributed by atoms with E-state index < -0.39 is 0 Å². The van der Waals surface area contributed by atoms with Crippen LogP contribution in [0, 0.1) is 0 Å². The molecule has 0 aliphatic heterocycles. The number of anilines is 1. The summed E-state index contributed by atoms with van der Waals surface area (Å²) in [4.78, 5) is 11.5. The minimum absolute atomic E-state index is 0.150. The topological polar surface area (TPSA) is 117 Å². The average Bonchev–Trinajstić information content (AvgIpc) is 2.90. The Morgan fingerprint density at radius 1 is 0.595 bits per heavy atom. The summed E-state index contributed by atoms with van der Waals surface area (Å²) in [6.45, 7) is 8.73. The molecule has 214 valence electrons. The first-order chi connectivity index (χ1) is 18.2. The van der Waals surface area contributed by atoms with Crippen LogP contribution >= 0.6 is 0 Å². The standard InChI is InChI=1S/C27H47NO9/c1-2-3-4-5-6-27(29)37-24-22-35-20-18-33-16-14-31-12-11-30-13-15-32-17-19-34-21-23-36-26-9-7-25(28)8-10-26/h7-10H,2-6,11-24,28H2,1H3. The van der Waals surface area contributed by atoms with Gasteiger partial charge in [0, 0.05) is 12.1 Å². The molecule has 0 saturated heterocycles. The highest BCUT2D eigenvalue weighted by atomic mass is 16.6. The fourth-order valence-electron chi connectivity index (χ4n) is 2.97. The first-order valence-electron chi connectivity index (χ1n) is 13.3. The fraction of sp³-hybridized carbons (Fsp3) is 0.741. The Kier molecular flexibility index (Phi) is 23.0. The first-order valence-corrected chi connectivity index (χ1v) is 13.3. The van der Waals surface area contributed by atoms with Gasteiger partial charge >= 0.3 is 5.97 Å². The zero-order chi connectivity index (χ0) is 26.7. The largest absolute Gasteiger partial charge is 0.491 e. The second-order valence-corrected chi connectivity index (χ2v) is 8.12. The quantitative estimate of drug-likeness (QED) is 0.103. The summed E-state index contributed by atoms with van der Waals surface area (Å²) in [6, 6.07) is 7.26. The zero-order valence-corrected chi connectivity index (χ0v) is 22.5. The highest BCUT2D eigenvalue weighted by Gasteiger charge is 2.02. The average molecular weight is 530 g/mol. The van der Waals surface area contributed by atoms with E-state index in [2.05, 4.69) is 6.92 Å². The molecule has 2 N–H and O–H groups in total. The van der Waals surface area contributed by atoms with Crippen molar-refractivity contribution in [3.05, 3.63) is 24.3 Å². The van der Waals surface area contributed by atoms with E-state index in [1.165, 1.54) is 0 Å². The lowest BCUT2D eigenvalue weighted by molar-refractivity contribution is -0.145. The van der Waals surface area contributed by atoms with Crippen molar-refractivity contribution in [1.29, 1.82) is 0 Å². The lowest BCUT2D eigenvalue weighted by atomic mass is 10.2. The van der Waals surface area contributed by atoms with Crippen LogP contribution in [-0.2, 0) is 38.0 Å². The van der Waals surface area contributed by atoms with Gasteiger partial charge in [0.1, 0.15) is 19.0 Å². The molecule has 1 aromatic rings. The van der Waals surface area contributed by atoms with Crippen LogP contribution in [-0.4, -0.2) is 98.5 Å². The van der Waals surface area contributed by atoms with Crippen molar-refractivity contribution in [3.8, 4) is 5.75 Å². The number of benzene rings is 1. The minimum Gasteiger partial charge on any atom is -0.491 e. The number of rotatable bonds is 27. The second-order valence-electron chi connectivity index (χ2n) is 8.12. The van der Waals surface area contributed by atoms with E-state index in [4.69, 9.17) is 43.6 Å². The van der Waals surface area contributed by atoms with Crippen molar-refractivity contribution in [1.82, 2.24) is 0 Å². The maximum atomic E-state index is 11.5. The second kappa shape index (κ2) is 25.7. The number of ether oxygens (including phenoxy) is 8. The predicted molar refractivity (Wildman–Crippen MR) is 141 cm³/mol. The molecule has 10 heteroatoms. The van der Waals surface area contributed by atoms with Crippen LogP contribution < -0.4 is 10.5 Å². The maximum Gasteiger partial charge on any atom is 0.305 e. The molecule has 0 unspecified atom stereocenters. The van der Waals surface area contributed by atoms with Gasteiger partial charge in [-0.05, 0) is 30.7 Å². The van der Waals surface area contributed by atoms with Crippen LogP contribution in [0.5, 0.6) is 5.75 Å². The van der Waals surface area contributed by atoms with Crippen LogP contribution in [0.4, 0.5) is 5.69 Å². The Bertz CT molecular complexity index is 631. The Morgan fingerprint density at radius 2 is 1.03 bits per heavy atom. The van der Waals surface area contributed by atoms with Crippen molar-refractivity contribution >= 4 is 11.7 Å². The third-order valence-corrected chi connectivity index (χ3v) is 4.96. The molecule has 0 heterocycles. The number of unbranched alkanes of at least 4 members (excludes halogenated alkanes) is 3. The summed E-state index contributed by atoms with van der Waals surface area (Å²) in [5.41, 5.74) is 6.34. The number of carbonyl (C=O) groups excluding carboxylic acids is 1. The predicted octanol–water partition coefficient (Wildman–Crippen LogP) is 3.26. The molecule has 0 radical (unpaired) electrons. The van der Waals surface area contributed by atoms with E-state index >= 15 is 0 Å². The molecule has 0 saturated carbocycles. The van der Waals surface area contributed by atoms with Crippen LogP contribution in [0.15, 0.2) is 24.3 Å². The van der Waals surface area contributed by atoms with Crippen molar-refractivity contribution in [2.45, 2.75) is 39.0 Å². The Labute approximate surface area is 222 Å². The third-order valence-electron chi connectivity index (χ3n) is 4.96. The van der Waals surface area contributed by atoms with Gasteiger partial charge in [0.25, 0.3) is 0 Å². The van der Waals surface area contributed by atoms with Crippen molar-refractivity contribution < 1.29 is 42.7 Å². The highest BCUT2D eigenvalue weighted by Crippen LogP contribution is 2.12. The lowest BCUT2D eigenvalue weighted by Gasteiger charge is -2.09. The van der Waals surface area contributed by atoms with Crippen LogP contribution in [0.2, 0.25) is 0 Å². The molecule has 0 aliphatic carbocycles. The summed E-state index contributed by atoms with van der Waals surface area (Å²) >= 11 is 0. The van der Waals surface area contributed by atoms with Gasteiger partial charge in [0.2, 0.25) is 0 Å². The molecular weight excluding hydrogens is 482 g/mol. The summed E-state index contributed by atoms with van der Waals surface area (Å²) < 4.78 is 43.3. The van der Waals surface area contributed by atoms with Crippen molar-refractivity contribution in [2.75, 3.05) is 98.2 Å². The third kappa shape index (κ3) is 22.9. The van der Waals surface area contributed by atoms with Gasteiger partial charge in [-0.2, -0.15) is 0 Å². The molecule has 37 heavy (non-hydrogen) atoms. The number of hydrogen-bond acceptors (Lipinski definition) is 10. The van der Waals surface area contributed by atoms with Gasteiger partial charge in [-0.15, -0.1) is 0 Å². The number of hydrogen-bond donors (Lipinski definition) is 1. The van der Waals surface area contributed by atoms with Crippen LogP contribution in [0.25, 0.3) is 0 Å². The highest BCUT2D eigenvalue weighted by molar-refractivity contribution is 5.69. The zero-order valence-electron chi connectivity index (χ0n) is 22.5. The maximum absolute atomic E-state index is 11.5. The minimum atomic E-state index is -0.150. The molecule has 1 aromatic carbocycles. The monoisotopic (exact) mass is 529 g/mol. The first kappa shape index (κ1) is 33.1. The smallest absolute Gasteiger partial charge is 0.305 e. The summed E-state index contributed by atoms with van der Waals surface area (Å²) in [6.07, 6.45) is 4.77. The van der Waals surface area contributed by atoms with E-state index in [1.54, 1.807) is 12.1 Å². The van der Waals surface area contributed by atoms with Crippen LogP contribution in [0.3, 0.4) is 0 Å². The number of nitrogens with two attached hydrogens (primary N) is 1. The molecule has 0 amide bonds. The van der Waals surface area contributed by atoms with Gasteiger partial charge in [0.15, 0.2) is 0 Å². The van der Waals surface area contributed by atoms with Gasteiger partial charge in [-0.25, -0.2) is 0 Å². The molecule has 0 aromatic heterocycles. The Balaban J connectivity index is 1.68. The lowest BCUT2D eigenvalue weighted by Crippen LogP contribution is -2.15. The summed E-state index contributed by atoms with van der Waals surface area (Å²) in [7, 11) is 0. The number of carbonyl (C=O) groups is 1.